The maximum Gasteiger partial charge on any atom is 0.228 e. The van der Waals surface area contributed by atoms with E-state index in [-0.39, 0.29) is 10.7 Å². The molecule has 1 N–H and O–H groups in total. The van der Waals surface area contributed by atoms with Crippen molar-refractivity contribution in [3.05, 3.63) is 77.9 Å². The monoisotopic (exact) mass is 471 g/mol. The summed E-state index contributed by atoms with van der Waals surface area (Å²) in [5, 5.41) is 15.7. The number of anilines is 1. The van der Waals surface area contributed by atoms with Crippen molar-refractivity contribution in [1.29, 1.82) is 0 Å². The van der Waals surface area contributed by atoms with Crippen LogP contribution in [0.2, 0.25) is 0 Å². The fraction of sp³-hybridized carbons (Fsp3) is 0.259. The van der Waals surface area contributed by atoms with Gasteiger partial charge in [-0.3, -0.25) is 4.79 Å². The lowest BCUT2D eigenvalue weighted by Crippen LogP contribution is -2.16. The second-order valence-corrected chi connectivity index (χ2v) is 11.2. The summed E-state index contributed by atoms with van der Waals surface area (Å²) >= 11 is 1.73. The highest BCUT2D eigenvalue weighted by molar-refractivity contribution is 8.00. The lowest BCUT2D eigenvalue weighted by atomic mass is 9.99. The van der Waals surface area contributed by atoms with Crippen LogP contribution in [0.15, 0.2) is 71.6 Å². The first-order valence-electron chi connectivity index (χ1n) is 11.2. The molecular formula is C27H29N5OS. The van der Waals surface area contributed by atoms with Crippen LogP contribution in [0.1, 0.15) is 31.9 Å². The summed E-state index contributed by atoms with van der Waals surface area (Å²) in [6, 6.07) is 22.2. The van der Waals surface area contributed by atoms with Crippen molar-refractivity contribution < 1.29 is 4.79 Å². The molecule has 0 aliphatic carbocycles. The van der Waals surface area contributed by atoms with Gasteiger partial charge in [0.15, 0.2) is 0 Å². The zero-order valence-corrected chi connectivity index (χ0v) is 21.0. The third-order valence-electron chi connectivity index (χ3n) is 5.14. The first kappa shape index (κ1) is 23.7. The highest BCUT2D eigenvalue weighted by Gasteiger charge is 2.18. The van der Waals surface area contributed by atoms with E-state index in [1.165, 1.54) is 10.4 Å². The average molecular weight is 472 g/mol. The van der Waals surface area contributed by atoms with Gasteiger partial charge in [-0.05, 0) is 41.0 Å². The zero-order chi connectivity index (χ0) is 24.3. The minimum absolute atomic E-state index is 0.000589. The summed E-state index contributed by atoms with van der Waals surface area (Å²) in [6.07, 6.45) is 0.324. The van der Waals surface area contributed by atoms with Gasteiger partial charge in [-0.1, -0.05) is 80.9 Å². The van der Waals surface area contributed by atoms with Gasteiger partial charge >= 0.3 is 0 Å². The van der Waals surface area contributed by atoms with Crippen molar-refractivity contribution in [3.8, 4) is 22.5 Å². The maximum absolute atomic E-state index is 13.0. The van der Waals surface area contributed by atoms with E-state index >= 15 is 0 Å². The smallest absolute Gasteiger partial charge is 0.228 e. The first-order chi connectivity index (χ1) is 16.2. The molecule has 34 heavy (non-hydrogen) atoms. The number of benzene rings is 3. The number of hydrogen-bond acceptors (Lipinski definition) is 5. The second kappa shape index (κ2) is 9.81. The van der Waals surface area contributed by atoms with Crippen LogP contribution >= 0.6 is 11.8 Å². The van der Waals surface area contributed by atoms with Crippen molar-refractivity contribution in [2.75, 3.05) is 5.32 Å². The molecule has 0 bridgehead atoms. The third-order valence-corrected chi connectivity index (χ3v) is 6.33. The molecule has 7 heteroatoms. The van der Waals surface area contributed by atoms with Gasteiger partial charge < -0.3 is 5.32 Å². The molecule has 0 unspecified atom stereocenters. The highest BCUT2D eigenvalue weighted by atomic mass is 32.2. The van der Waals surface area contributed by atoms with E-state index in [4.69, 9.17) is 0 Å². The van der Waals surface area contributed by atoms with E-state index in [0.29, 0.717) is 12.2 Å². The molecule has 4 aromatic rings. The number of tetrazole rings is 1. The van der Waals surface area contributed by atoms with E-state index < -0.39 is 0 Å². The summed E-state index contributed by atoms with van der Waals surface area (Å²) in [4.78, 5) is 15.5. The molecule has 1 aromatic heterocycles. The molecule has 0 atom stereocenters. The molecule has 0 aliphatic rings. The van der Waals surface area contributed by atoms with Gasteiger partial charge in [0, 0.05) is 15.2 Å². The van der Waals surface area contributed by atoms with Gasteiger partial charge in [-0.2, -0.15) is 4.80 Å². The Labute approximate surface area is 204 Å². The van der Waals surface area contributed by atoms with Gasteiger partial charge in [0.25, 0.3) is 0 Å². The number of nitrogens with one attached hydrogen (secondary N) is 1. The standard InChI is InChI=1S/C27H29N5OS/c1-18-10-12-19(13-11-18)16-25(33)28-23-17-20(14-15-24(23)34-27(2,3)4)21-8-6-7-9-22(21)26-29-31-32(5)30-26/h6-15,17H,16H2,1-5H3,(H,28,33). The summed E-state index contributed by atoms with van der Waals surface area (Å²) in [5.74, 6) is 0.525. The SMILES string of the molecule is Cc1ccc(CC(=O)Nc2cc(-c3ccccc3-c3nnn(C)n3)ccc2SC(C)(C)C)cc1. The quantitative estimate of drug-likeness (QED) is 0.353. The van der Waals surface area contributed by atoms with Crippen LogP contribution in [0.25, 0.3) is 22.5 Å². The molecule has 0 fully saturated rings. The van der Waals surface area contributed by atoms with E-state index in [1.807, 2.05) is 61.5 Å². The number of aromatic nitrogens is 4. The summed E-state index contributed by atoms with van der Waals surface area (Å²) in [6.45, 7) is 8.54. The van der Waals surface area contributed by atoms with Gasteiger partial charge in [0.05, 0.1) is 19.2 Å². The molecule has 3 aromatic carbocycles. The number of thioether (sulfide) groups is 1. The van der Waals surface area contributed by atoms with Crippen LogP contribution in [0, 0.1) is 6.92 Å². The Balaban J connectivity index is 1.69. The molecule has 0 aliphatic heterocycles. The Morgan fingerprint density at radius 2 is 1.71 bits per heavy atom. The molecule has 0 saturated heterocycles. The van der Waals surface area contributed by atoms with Crippen molar-refractivity contribution in [1.82, 2.24) is 20.2 Å². The molecule has 1 heterocycles. The fourth-order valence-corrected chi connectivity index (χ4v) is 4.64. The number of carbonyl (C=O) groups is 1. The molecule has 6 nitrogen and oxygen atoms in total. The molecule has 0 spiro atoms. The number of hydrogen-bond donors (Lipinski definition) is 1. The normalized spacial score (nSPS) is 11.4. The predicted octanol–water partition coefficient (Wildman–Crippen LogP) is 5.92. The first-order valence-corrected chi connectivity index (χ1v) is 12.0. The van der Waals surface area contributed by atoms with E-state index in [1.54, 1.807) is 18.8 Å². The third kappa shape index (κ3) is 5.91. The van der Waals surface area contributed by atoms with Crippen molar-refractivity contribution in [3.63, 3.8) is 0 Å². The number of amides is 1. The lowest BCUT2D eigenvalue weighted by Gasteiger charge is -2.21. The van der Waals surface area contributed by atoms with Gasteiger partial charge in [-0.25, -0.2) is 0 Å². The van der Waals surface area contributed by atoms with Gasteiger partial charge in [0.1, 0.15) is 0 Å². The average Bonchev–Trinajstić information content (AvgIpc) is 3.22. The zero-order valence-electron chi connectivity index (χ0n) is 20.2. The summed E-state index contributed by atoms with van der Waals surface area (Å²) < 4.78 is -0.000589. The van der Waals surface area contributed by atoms with E-state index in [2.05, 4.69) is 53.6 Å². The number of aryl methyl sites for hydroxylation is 2. The number of rotatable bonds is 6. The Kier molecular flexibility index (Phi) is 6.84. The molecule has 174 valence electrons. The van der Waals surface area contributed by atoms with Gasteiger partial charge in [0.2, 0.25) is 11.7 Å². The van der Waals surface area contributed by atoms with Crippen LogP contribution in [-0.4, -0.2) is 30.9 Å². The minimum atomic E-state index is -0.0411. The minimum Gasteiger partial charge on any atom is -0.325 e. The van der Waals surface area contributed by atoms with E-state index in [0.717, 1.165) is 32.8 Å². The van der Waals surface area contributed by atoms with Crippen LogP contribution < -0.4 is 5.32 Å². The van der Waals surface area contributed by atoms with Crippen LogP contribution in [0.4, 0.5) is 5.69 Å². The van der Waals surface area contributed by atoms with Crippen LogP contribution in [-0.2, 0) is 18.3 Å². The Morgan fingerprint density at radius 1 is 1.00 bits per heavy atom. The summed E-state index contributed by atoms with van der Waals surface area (Å²) in [7, 11) is 1.75. The predicted molar refractivity (Wildman–Crippen MR) is 139 cm³/mol. The Bertz CT molecular complexity index is 1310. The van der Waals surface area contributed by atoms with E-state index in [9.17, 15) is 4.79 Å². The largest absolute Gasteiger partial charge is 0.325 e. The van der Waals surface area contributed by atoms with Crippen molar-refractivity contribution >= 4 is 23.4 Å². The topological polar surface area (TPSA) is 72.7 Å². The van der Waals surface area contributed by atoms with Crippen molar-refractivity contribution in [2.45, 2.75) is 43.8 Å². The number of nitrogens with zero attached hydrogens (tertiary/aromatic N) is 4. The molecule has 0 saturated carbocycles. The molecular weight excluding hydrogens is 442 g/mol. The Hall–Kier alpha value is -3.45. The molecule has 4 rings (SSSR count). The van der Waals surface area contributed by atoms with Crippen LogP contribution in [0.5, 0.6) is 0 Å². The highest BCUT2D eigenvalue weighted by Crippen LogP contribution is 2.40. The fourth-order valence-electron chi connectivity index (χ4n) is 3.62. The number of carbonyl (C=O) groups excluding carboxylic acids is 1. The Morgan fingerprint density at radius 3 is 2.35 bits per heavy atom. The summed E-state index contributed by atoms with van der Waals surface area (Å²) in [5.41, 5.74) is 5.82. The maximum atomic E-state index is 13.0. The lowest BCUT2D eigenvalue weighted by molar-refractivity contribution is -0.115. The van der Waals surface area contributed by atoms with Crippen molar-refractivity contribution in [2.24, 2.45) is 7.05 Å². The van der Waals surface area contributed by atoms with Crippen LogP contribution in [0.3, 0.4) is 0 Å². The molecule has 1 amide bonds. The van der Waals surface area contributed by atoms with Gasteiger partial charge in [-0.15, -0.1) is 22.0 Å². The molecule has 0 radical (unpaired) electrons. The second-order valence-electron chi connectivity index (χ2n) is 9.28.